The zero-order valence-electron chi connectivity index (χ0n) is 3.76. The Labute approximate surface area is 70.7 Å². The van der Waals surface area contributed by atoms with Crippen LogP contribution in [0.2, 0.25) is 0 Å². The van der Waals surface area contributed by atoms with Gasteiger partial charge in [-0.15, -0.1) is 0 Å². The van der Waals surface area contributed by atoms with E-state index in [4.69, 9.17) is 0 Å². The van der Waals surface area contributed by atoms with Crippen LogP contribution in [0.1, 0.15) is 0 Å². The summed E-state index contributed by atoms with van der Waals surface area (Å²) >= 11 is 3.32. The van der Waals surface area contributed by atoms with E-state index < -0.39 is 5.30 Å². The van der Waals surface area contributed by atoms with Crippen LogP contribution in [0.5, 0.6) is 0 Å². The van der Waals surface area contributed by atoms with Crippen LogP contribution < -0.4 is 0 Å². The molecule has 0 aliphatic rings. The molecule has 0 radical (unpaired) electrons. The van der Waals surface area contributed by atoms with E-state index in [9.17, 15) is 4.79 Å². The van der Waals surface area contributed by atoms with Crippen LogP contribution >= 0.6 is 12.6 Å². The number of carbonyl (C=O) groups excluding carboxylic acids is 1. The molecule has 0 spiro atoms. The van der Waals surface area contributed by atoms with Crippen molar-refractivity contribution in [3.8, 4) is 0 Å². The van der Waals surface area contributed by atoms with Gasteiger partial charge in [-0.05, 0) is 0 Å². The molecule has 0 rings (SSSR count). The van der Waals surface area contributed by atoms with E-state index in [0.717, 1.165) is 0 Å². The molecule has 0 aromatic rings. The maximum atomic E-state index is 9.80. The number of rotatable bonds is 2. The Balaban J connectivity index is 0. The van der Waals surface area contributed by atoms with E-state index in [1.807, 2.05) is 0 Å². The minimum atomic E-state index is -0.570. The van der Waals surface area contributed by atoms with Crippen molar-refractivity contribution in [3.63, 3.8) is 0 Å². The van der Waals surface area contributed by atoms with Gasteiger partial charge in [-0.2, -0.15) is 0 Å². The maximum absolute atomic E-state index is 9.80. The van der Waals surface area contributed by atoms with Crippen LogP contribution in [0.25, 0.3) is 0 Å². The number of carbonyl (C=O) groups is 1. The molecule has 2 nitrogen and oxygen atoms in total. The first-order valence-corrected chi connectivity index (χ1v) is 2.18. The molecule has 0 saturated carbocycles. The van der Waals surface area contributed by atoms with Crippen molar-refractivity contribution in [1.82, 2.24) is 0 Å². The molecule has 0 bridgehead atoms. The topological polar surface area (TPSA) is 26.3 Å². The summed E-state index contributed by atoms with van der Waals surface area (Å²) in [6.45, 7) is 3.56. The van der Waals surface area contributed by atoms with Crippen molar-refractivity contribution in [1.29, 1.82) is 0 Å². The number of thiol groups is 1. The van der Waals surface area contributed by atoms with Gasteiger partial charge in [-0.3, -0.25) is 0 Å². The Hall–Kier alpha value is 0.359. The first kappa shape index (κ1) is 11.2. The second kappa shape index (κ2) is 7.36. The van der Waals surface area contributed by atoms with Gasteiger partial charge >= 0.3 is 29.2 Å². The third-order valence-corrected chi connectivity index (χ3v) is 0.454. The number of hydrogen-bond acceptors (Lipinski definition) is 2. The van der Waals surface area contributed by atoms with E-state index in [1.54, 1.807) is 0 Å². The first-order chi connectivity index (χ1) is 3.27. The van der Waals surface area contributed by atoms with Crippen LogP contribution in [0.4, 0.5) is 4.79 Å². The molecule has 8 heavy (non-hydrogen) atoms. The summed E-state index contributed by atoms with van der Waals surface area (Å²) in [5, 5.41) is -0.570. The number of ether oxygens (including phenoxy) is 1. The second-order valence-corrected chi connectivity index (χ2v) is 1.23. The molecule has 0 aliphatic heterocycles. The molecule has 0 saturated heterocycles. The van der Waals surface area contributed by atoms with Crippen molar-refractivity contribution in [2.75, 3.05) is 6.61 Å². The standard InChI is InChI=1S/C4H6O2S.Sn.4H/c1-2-3-6-4(5)7;;;;;/h2H,1,3H2,(H,5,7);;;;;. The summed E-state index contributed by atoms with van der Waals surface area (Å²) in [6, 6.07) is 0. The van der Waals surface area contributed by atoms with Crippen molar-refractivity contribution in [2.24, 2.45) is 0 Å². The molecule has 0 amide bonds. The fraction of sp³-hybridized carbons (Fsp3) is 0.250. The quantitative estimate of drug-likeness (QED) is 0.313. The molecule has 0 unspecified atom stereocenters. The first-order valence-electron chi connectivity index (χ1n) is 1.74. The van der Waals surface area contributed by atoms with Crippen molar-refractivity contribution in [3.05, 3.63) is 12.7 Å². The molecule has 0 heterocycles. The minimum absolute atomic E-state index is 0. The van der Waals surface area contributed by atoms with Crippen molar-refractivity contribution in [2.45, 2.75) is 0 Å². The van der Waals surface area contributed by atoms with Gasteiger partial charge in [0.1, 0.15) is 6.61 Å². The molecule has 0 fully saturated rings. The van der Waals surface area contributed by atoms with Crippen LogP contribution in [0, 0.1) is 0 Å². The van der Waals surface area contributed by atoms with Crippen molar-refractivity contribution < 1.29 is 9.53 Å². The zero-order valence-corrected chi connectivity index (χ0v) is 4.65. The summed E-state index contributed by atoms with van der Waals surface area (Å²) in [5.41, 5.74) is 0. The third-order valence-electron chi connectivity index (χ3n) is 0.325. The molecule has 0 N–H and O–H groups in total. The Kier molecular flexibility index (Phi) is 10.3. The van der Waals surface area contributed by atoms with Crippen LogP contribution in [0.3, 0.4) is 0 Å². The Morgan fingerprint density at radius 3 is 2.50 bits per heavy atom. The third kappa shape index (κ3) is 9.61. The Morgan fingerprint density at radius 1 is 1.88 bits per heavy atom. The predicted molar refractivity (Wildman–Crippen MR) is 41.9 cm³/mol. The van der Waals surface area contributed by atoms with E-state index in [-0.39, 0.29) is 30.5 Å². The fourth-order valence-electron chi connectivity index (χ4n) is 0.130. The molecule has 48 valence electrons. The van der Waals surface area contributed by atoms with Crippen molar-refractivity contribution >= 4 is 41.8 Å². The molecule has 0 atom stereocenters. The van der Waals surface area contributed by atoms with Gasteiger partial charge in [0.15, 0.2) is 0 Å². The zero-order chi connectivity index (χ0) is 5.70. The summed E-state index contributed by atoms with van der Waals surface area (Å²) in [7, 11) is 0. The van der Waals surface area contributed by atoms with E-state index in [0.29, 0.717) is 0 Å². The summed E-state index contributed by atoms with van der Waals surface area (Å²) in [5.74, 6) is 0. The summed E-state index contributed by atoms with van der Waals surface area (Å²) in [4.78, 5) is 9.80. The van der Waals surface area contributed by atoms with Gasteiger partial charge in [0, 0.05) is 0 Å². The van der Waals surface area contributed by atoms with Gasteiger partial charge in [-0.25, -0.2) is 4.79 Å². The van der Waals surface area contributed by atoms with E-state index >= 15 is 0 Å². The number of hydrogen-bond donors (Lipinski definition) is 1. The Bertz CT molecular complexity index is 84.1. The van der Waals surface area contributed by atoms with Gasteiger partial charge in [-0.1, -0.05) is 25.3 Å². The molecular weight excluding hydrogens is 231 g/mol. The molecule has 0 aliphatic carbocycles. The van der Waals surface area contributed by atoms with E-state index in [2.05, 4.69) is 23.9 Å². The van der Waals surface area contributed by atoms with Crippen LogP contribution in [-0.4, -0.2) is 35.8 Å². The molecule has 4 heteroatoms. The van der Waals surface area contributed by atoms with E-state index in [1.165, 1.54) is 6.08 Å². The monoisotopic (exact) mass is 242 g/mol. The summed E-state index contributed by atoms with van der Waals surface area (Å²) < 4.78 is 4.30. The van der Waals surface area contributed by atoms with Gasteiger partial charge in [0.25, 0.3) is 0 Å². The molecular formula is C4H10O2SSn. The fourth-order valence-corrected chi connectivity index (χ4v) is 0.205. The second-order valence-electron chi connectivity index (χ2n) is 0.866. The van der Waals surface area contributed by atoms with Gasteiger partial charge in [0.05, 0.1) is 0 Å². The average Bonchev–Trinajstić information content (AvgIpc) is 1.61. The van der Waals surface area contributed by atoms with Crippen LogP contribution in [-0.2, 0) is 4.74 Å². The summed E-state index contributed by atoms with van der Waals surface area (Å²) in [6.07, 6.45) is 1.48. The van der Waals surface area contributed by atoms with Crippen LogP contribution in [0.15, 0.2) is 12.7 Å². The average molecular weight is 241 g/mol. The Morgan fingerprint density at radius 2 is 2.38 bits per heavy atom. The normalized spacial score (nSPS) is 6.62. The van der Waals surface area contributed by atoms with Gasteiger partial charge < -0.3 is 4.74 Å². The predicted octanol–water partition coefficient (Wildman–Crippen LogP) is -0.213. The van der Waals surface area contributed by atoms with Gasteiger partial charge in [0.2, 0.25) is 0 Å². The molecule has 0 aromatic heterocycles. The molecule has 0 aromatic carbocycles. The SMILES string of the molecule is C=CCOC(=O)S.[SnH4].